The first-order valence-electron chi connectivity index (χ1n) is 32.2. The van der Waals surface area contributed by atoms with Crippen LogP contribution < -0.4 is 5.32 Å². The maximum absolute atomic E-state index is 13.2. The number of allylic oxidation sites excluding steroid dienone is 11. The van der Waals surface area contributed by atoms with E-state index < -0.39 is 124 Å². The summed E-state index contributed by atoms with van der Waals surface area (Å²) in [5.74, 6) is -0.286. The van der Waals surface area contributed by atoms with Gasteiger partial charge in [0.1, 0.15) is 73.2 Å². The zero-order valence-corrected chi connectivity index (χ0v) is 50.9. The molecule has 0 spiro atoms. The Hall–Kier alpha value is -2.77. The standard InChI is InChI=1S/C65H113NO18/c1-3-5-7-9-10-11-12-13-14-15-16-17-18-19-20-21-22-23-24-25-26-27-28-29-30-31-32-33-34-35-36-37-38-39-41-43-53(71)66-48(49(70)42-40-8-6-4-2)47-79-63-59(77)56(74)61(51(45-68)81-63)84-65-60(78)57(75)62(52(46-69)82-65)83-64-58(76)55(73)54(72)50(44-67)80-64/h5,7,10-11,13-14,16-17,19-20,40,42,48-52,54-65,67-70,72-78H,3-4,6,8-9,12,15,18,21-39,41,43-47H2,1-2H3,(H,66,71)/b7-5-,11-10-,14-13-,17-16-,20-19-,42-40+. The van der Waals surface area contributed by atoms with Gasteiger partial charge in [0, 0.05) is 6.42 Å². The largest absolute Gasteiger partial charge is 0.394 e. The minimum absolute atomic E-state index is 0.240. The van der Waals surface area contributed by atoms with E-state index in [1.165, 1.54) is 103 Å². The molecule has 3 rings (SSSR count). The summed E-state index contributed by atoms with van der Waals surface area (Å²) in [6, 6.07) is -0.969. The second kappa shape index (κ2) is 47.3. The fourth-order valence-electron chi connectivity index (χ4n) is 10.5. The van der Waals surface area contributed by atoms with Crippen molar-refractivity contribution >= 4 is 5.91 Å². The van der Waals surface area contributed by atoms with Gasteiger partial charge in [-0.25, -0.2) is 0 Å². The molecular formula is C65H113NO18. The molecular weight excluding hydrogens is 1080 g/mol. The molecule has 1 amide bonds. The number of rotatable bonds is 47. The van der Waals surface area contributed by atoms with Crippen LogP contribution in [0.25, 0.3) is 0 Å². The van der Waals surface area contributed by atoms with E-state index in [1.807, 2.05) is 13.0 Å². The van der Waals surface area contributed by atoms with Crippen LogP contribution in [0.15, 0.2) is 72.9 Å². The molecule has 0 aromatic heterocycles. The summed E-state index contributed by atoms with van der Waals surface area (Å²) >= 11 is 0. The van der Waals surface area contributed by atoms with E-state index in [4.69, 9.17) is 28.4 Å². The number of amides is 1. The molecule has 3 fully saturated rings. The minimum Gasteiger partial charge on any atom is -0.394 e. The molecule has 0 aromatic rings. The van der Waals surface area contributed by atoms with Gasteiger partial charge in [0.05, 0.1) is 38.6 Å². The van der Waals surface area contributed by atoms with E-state index in [-0.39, 0.29) is 18.9 Å². The Bertz CT molecular complexity index is 1810. The van der Waals surface area contributed by atoms with Gasteiger partial charge >= 0.3 is 0 Å². The number of hydrogen-bond acceptors (Lipinski definition) is 18. The smallest absolute Gasteiger partial charge is 0.220 e. The predicted molar refractivity (Wildman–Crippen MR) is 323 cm³/mol. The maximum Gasteiger partial charge on any atom is 0.220 e. The van der Waals surface area contributed by atoms with E-state index in [9.17, 15) is 61.0 Å². The van der Waals surface area contributed by atoms with Crippen molar-refractivity contribution in [3.05, 3.63) is 72.9 Å². The fourth-order valence-corrected chi connectivity index (χ4v) is 10.5. The third-order valence-electron chi connectivity index (χ3n) is 15.8. The number of hydrogen-bond donors (Lipinski definition) is 12. The van der Waals surface area contributed by atoms with E-state index in [1.54, 1.807) is 6.08 Å². The molecule has 486 valence electrons. The topological polar surface area (TPSA) is 307 Å². The maximum atomic E-state index is 13.2. The SMILES string of the molecule is CC/C=C\C/C=C\C/C=C\C/C=C\C/C=C\CCCCCCCCCCCCCCCCCCCCCC(=O)NC(COC1OC(CO)C(OC2OC(CO)C(OC3OC(CO)C(O)C(O)C3O)C(O)C2O)C(O)C1O)C(O)/C=C/CCCC. The van der Waals surface area contributed by atoms with E-state index in [0.717, 1.165) is 64.2 Å². The molecule has 17 atom stereocenters. The van der Waals surface area contributed by atoms with Crippen LogP contribution in [0.1, 0.15) is 200 Å². The van der Waals surface area contributed by atoms with E-state index >= 15 is 0 Å². The summed E-state index contributed by atoms with van der Waals surface area (Å²) in [7, 11) is 0. The third-order valence-corrected chi connectivity index (χ3v) is 15.8. The van der Waals surface area contributed by atoms with Crippen LogP contribution in [-0.4, -0.2) is 193 Å². The van der Waals surface area contributed by atoms with Crippen LogP contribution in [0.5, 0.6) is 0 Å². The fraction of sp³-hybridized carbons (Fsp3) is 0.800. The molecule has 0 aliphatic carbocycles. The summed E-state index contributed by atoms with van der Waals surface area (Å²) in [5, 5.41) is 119. The molecule has 3 saturated heterocycles. The van der Waals surface area contributed by atoms with Crippen molar-refractivity contribution in [3.63, 3.8) is 0 Å². The van der Waals surface area contributed by atoms with Crippen molar-refractivity contribution < 1.29 is 89.4 Å². The molecule has 3 aliphatic rings. The predicted octanol–water partition coefficient (Wildman–Crippen LogP) is 6.99. The van der Waals surface area contributed by atoms with Gasteiger partial charge in [-0.1, -0.05) is 209 Å². The minimum atomic E-state index is -1.98. The van der Waals surface area contributed by atoms with E-state index in [2.05, 4.69) is 73.0 Å². The summed E-state index contributed by atoms with van der Waals surface area (Å²) in [6.45, 7) is 1.42. The lowest BCUT2D eigenvalue weighted by Crippen LogP contribution is -2.66. The summed E-state index contributed by atoms with van der Waals surface area (Å²) in [6.07, 6.45) is 31.6. The highest BCUT2D eigenvalue weighted by atomic mass is 16.8. The van der Waals surface area contributed by atoms with Crippen molar-refractivity contribution in [1.82, 2.24) is 5.32 Å². The van der Waals surface area contributed by atoms with Crippen molar-refractivity contribution in [2.24, 2.45) is 0 Å². The van der Waals surface area contributed by atoms with Crippen LogP contribution >= 0.6 is 0 Å². The lowest BCUT2D eigenvalue weighted by Gasteiger charge is -2.48. The Labute approximate surface area is 502 Å². The number of ether oxygens (including phenoxy) is 6. The zero-order valence-electron chi connectivity index (χ0n) is 50.9. The molecule has 12 N–H and O–H groups in total. The molecule has 0 aromatic carbocycles. The number of carbonyl (C=O) groups is 1. The van der Waals surface area contributed by atoms with Crippen LogP contribution in [0.3, 0.4) is 0 Å². The Kier molecular flexibility index (Phi) is 42.5. The summed E-state index contributed by atoms with van der Waals surface area (Å²) in [4.78, 5) is 13.2. The average molecular weight is 1200 g/mol. The average Bonchev–Trinajstić information content (AvgIpc) is 3.52. The number of unbranched alkanes of at least 4 members (excludes halogenated alkanes) is 21. The molecule has 17 unspecified atom stereocenters. The Balaban J connectivity index is 1.25. The Morgan fingerprint density at radius 2 is 0.821 bits per heavy atom. The summed E-state index contributed by atoms with van der Waals surface area (Å²) in [5.41, 5.74) is 0. The second-order valence-corrected chi connectivity index (χ2v) is 22.8. The van der Waals surface area contributed by atoms with Crippen LogP contribution in [0.2, 0.25) is 0 Å². The van der Waals surface area contributed by atoms with Crippen LogP contribution in [0, 0.1) is 0 Å². The third kappa shape index (κ3) is 30.0. The highest BCUT2D eigenvalue weighted by Gasteiger charge is 2.53. The summed E-state index contributed by atoms with van der Waals surface area (Å²) < 4.78 is 34.0. The Morgan fingerprint density at radius 3 is 1.27 bits per heavy atom. The van der Waals surface area contributed by atoms with Crippen LogP contribution in [-0.2, 0) is 33.2 Å². The quantitative estimate of drug-likeness (QED) is 0.0216. The van der Waals surface area contributed by atoms with Crippen molar-refractivity contribution in [1.29, 1.82) is 0 Å². The molecule has 0 bridgehead atoms. The monoisotopic (exact) mass is 1200 g/mol. The molecule has 3 heterocycles. The molecule has 84 heavy (non-hydrogen) atoms. The van der Waals surface area contributed by atoms with Gasteiger partial charge in [-0.05, 0) is 57.8 Å². The zero-order chi connectivity index (χ0) is 61.2. The van der Waals surface area contributed by atoms with Crippen LogP contribution in [0.4, 0.5) is 0 Å². The molecule has 19 nitrogen and oxygen atoms in total. The van der Waals surface area contributed by atoms with Crippen molar-refractivity contribution in [2.45, 2.75) is 304 Å². The number of aliphatic hydroxyl groups is 11. The second-order valence-electron chi connectivity index (χ2n) is 22.8. The first kappa shape index (κ1) is 75.5. The van der Waals surface area contributed by atoms with Gasteiger partial charge in [-0.3, -0.25) is 4.79 Å². The lowest BCUT2D eigenvalue weighted by molar-refractivity contribution is -0.379. The highest BCUT2D eigenvalue weighted by molar-refractivity contribution is 5.76. The van der Waals surface area contributed by atoms with E-state index in [0.29, 0.717) is 12.8 Å². The van der Waals surface area contributed by atoms with Gasteiger partial charge in [-0.15, -0.1) is 0 Å². The molecule has 0 radical (unpaired) electrons. The molecule has 19 heteroatoms. The van der Waals surface area contributed by atoms with Gasteiger partial charge < -0.3 is 89.9 Å². The van der Waals surface area contributed by atoms with Crippen molar-refractivity contribution in [2.75, 3.05) is 26.4 Å². The number of nitrogens with one attached hydrogen (secondary N) is 1. The molecule has 3 aliphatic heterocycles. The highest BCUT2D eigenvalue weighted by Crippen LogP contribution is 2.33. The van der Waals surface area contributed by atoms with Gasteiger partial charge in [0.15, 0.2) is 18.9 Å². The van der Waals surface area contributed by atoms with Gasteiger partial charge in [0.2, 0.25) is 5.91 Å². The lowest BCUT2D eigenvalue weighted by atomic mass is 9.96. The van der Waals surface area contributed by atoms with Gasteiger partial charge in [0.25, 0.3) is 0 Å². The number of aliphatic hydroxyl groups excluding tert-OH is 11. The molecule has 0 saturated carbocycles. The first-order chi connectivity index (χ1) is 40.8. The van der Waals surface area contributed by atoms with Crippen molar-refractivity contribution in [3.8, 4) is 0 Å². The normalized spacial score (nSPS) is 29.7. The number of carbonyl (C=O) groups excluding carboxylic acids is 1. The Morgan fingerprint density at radius 1 is 0.440 bits per heavy atom. The first-order valence-corrected chi connectivity index (χ1v) is 32.2. The van der Waals surface area contributed by atoms with Gasteiger partial charge in [-0.2, -0.15) is 0 Å².